The molecule has 0 aliphatic carbocycles. The number of amides is 1. The van der Waals surface area contributed by atoms with Crippen LogP contribution in [-0.2, 0) is 6.54 Å². The van der Waals surface area contributed by atoms with Crippen LogP contribution in [0.4, 0.5) is 0 Å². The van der Waals surface area contributed by atoms with E-state index >= 15 is 0 Å². The smallest absolute Gasteiger partial charge is 0.252 e. The zero-order chi connectivity index (χ0) is 15.7. The van der Waals surface area contributed by atoms with E-state index in [0.717, 1.165) is 11.1 Å². The van der Waals surface area contributed by atoms with Crippen molar-refractivity contribution >= 4 is 22.6 Å². The Bertz CT molecular complexity index is 768. The fourth-order valence-electron chi connectivity index (χ4n) is 2.51. The lowest BCUT2D eigenvalue weighted by molar-refractivity contribution is 0.0950. The van der Waals surface area contributed by atoms with Gasteiger partial charge in [0.25, 0.3) is 5.91 Å². The minimum Gasteiger partial charge on any atom is -0.348 e. The number of fused-ring (bicyclic) bond motifs is 1. The number of aryl methyl sites for hydroxylation is 1. The Morgan fingerprint density at radius 2 is 1.95 bits per heavy atom. The molecule has 22 heavy (non-hydrogen) atoms. The lowest BCUT2D eigenvalue weighted by Crippen LogP contribution is -2.23. The SMILES string of the molecule is Cc1cccc(CNC(=O)c2cccc3c2C=CS3(O)O)c1. The van der Waals surface area contributed by atoms with Crippen LogP contribution in [0.5, 0.6) is 0 Å². The van der Waals surface area contributed by atoms with Crippen LogP contribution in [0.3, 0.4) is 0 Å². The maximum Gasteiger partial charge on any atom is 0.252 e. The molecule has 5 heteroatoms. The number of nitrogens with one attached hydrogen (secondary N) is 1. The Morgan fingerprint density at radius 3 is 2.73 bits per heavy atom. The highest BCUT2D eigenvalue weighted by atomic mass is 32.3. The largest absolute Gasteiger partial charge is 0.348 e. The third-order valence-electron chi connectivity index (χ3n) is 3.59. The molecule has 0 unspecified atom stereocenters. The summed E-state index contributed by atoms with van der Waals surface area (Å²) >= 11 is 0. The molecule has 3 N–H and O–H groups in total. The van der Waals surface area contributed by atoms with Gasteiger partial charge in [0.15, 0.2) is 0 Å². The molecule has 2 aromatic carbocycles. The first-order valence-corrected chi connectivity index (χ1v) is 8.51. The molecule has 0 spiro atoms. The quantitative estimate of drug-likeness (QED) is 0.801. The predicted octanol–water partition coefficient (Wildman–Crippen LogP) is 4.02. The summed E-state index contributed by atoms with van der Waals surface area (Å²) in [6.45, 7) is 2.44. The van der Waals surface area contributed by atoms with Gasteiger partial charge in [-0.1, -0.05) is 35.9 Å². The summed E-state index contributed by atoms with van der Waals surface area (Å²) in [5.41, 5.74) is 3.22. The van der Waals surface area contributed by atoms with E-state index in [-0.39, 0.29) is 5.91 Å². The number of benzene rings is 2. The van der Waals surface area contributed by atoms with Crippen LogP contribution in [0, 0.1) is 6.92 Å². The maximum atomic E-state index is 12.4. The summed E-state index contributed by atoms with van der Waals surface area (Å²) in [5, 5.41) is 4.23. The monoisotopic (exact) mass is 315 g/mol. The molecule has 0 atom stereocenters. The summed E-state index contributed by atoms with van der Waals surface area (Å²) in [7, 11) is -2.89. The van der Waals surface area contributed by atoms with Crippen LogP contribution < -0.4 is 5.32 Å². The lowest BCUT2D eigenvalue weighted by atomic mass is 10.1. The number of carbonyl (C=O) groups is 1. The molecule has 2 aromatic rings. The van der Waals surface area contributed by atoms with Crippen molar-refractivity contribution in [2.45, 2.75) is 18.4 Å². The second-order valence-electron chi connectivity index (χ2n) is 5.28. The van der Waals surface area contributed by atoms with Crippen LogP contribution >= 0.6 is 10.6 Å². The van der Waals surface area contributed by atoms with Crippen LogP contribution in [0.25, 0.3) is 6.08 Å². The molecule has 0 aromatic heterocycles. The topological polar surface area (TPSA) is 69.6 Å². The van der Waals surface area contributed by atoms with Crippen LogP contribution in [-0.4, -0.2) is 15.0 Å². The molecule has 1 amide bonds. The van der Waals surface area contributed by atoms with Crippen molar-refractivity contribution in [3.63, 3.8) is 0 Å². The summed E-state index contributed by atoms with van der Waals surface area (Å²) in [4.78, 5) is 12.8. The number of carbonyl (C=O) groups excluding carboxylic acids is 1. The van der Waals surface area contributed by atoms with Crippen molar-refractivity contribution < 1.29 is 13.9 Å². The Kier molecular flexibility index (Phi) is 3.78. The Balaban J connectivity index is 1.80. The van der Waals surface area contributed by atoms with Crippen molar-refractivity contribution in [2.24, 2.45) is 0 Å². The molecule has 114 valence electrons. The van der Waals surface area contributed by atoms with Gasteiger partial charge in [0.05, 0.1) is 4.90 Å². The number of rotatable bonds is 3. The summed E-state index contributed by atoms with van der Waals surface area (Å²) in [5.74, 6) is -0.222. The van der Waals surface area contributed by atoms with E-state index in [4.69, 9.17) is 0 Å². The Morgan fingerprint density at radius 1 is 1.18 bits per heavy atom. The Hall–Kier alpha value is -2.08. The van der Waals surface area contributed by atoms with E-state index in [1.807, 2.05) is 31.2 Å². The van der Waals surface area contributed by atoms with E-state index in [2.05, 4.69) is 5.32 Å². The zero-order valence-corrected chi connectivity index (χ0v) is 12.9. The molecule has 0 saturated carbocycles. The fraction of sp³-hybridized carbons (Fsp3) is 0.118. The first kappa shape index (κ1) is 14.8. The highest BCUT2D eigenvalue weighted by Gasteiger charge is 2.25. The number of hydrogen-bond donors (Lipinski definition) is 3. The van der Waals surface area contributed by atoms with E-state index in [1.54, 1.807) is 24.3 Å². The summed E-state index contributed by atoms with van der Waals surface area (Å²) < 4.78 is 19.8. The van der Waals surface area contributed by atoms with Crippen LogP contribution in [0.1, 0.15) is 27.0 Å². The van der Waals surface area contributed by atoms with E-state index in [1.165, 1.54) is 5.41 Å². The van der Waals surface area contributed by atoms with Crippen molar-refractivity contribution in [1.82, 2.24) is 5.32 Å². The van der Waals surface area contributed by atoms with E-state index in [9.17, 15) is 13.9 Å². The van der Waals surface area contributed by atoms with Gasteiger partial charge in [0.1, 0.15) is 0 Å². The highest BCUT2D eigenvalue weighted by Crippen LogP contribution is 2.56. The number of hydrogen-bond acceptors (Lipinski definition) is 3. The van der Waals surface area contributed by atoms with Crippen molar-refractivity contribution in [3.05, 3.63) is 70.1 Å². The average Bonchev–Trinajstić information content (AvgIpc) is 2.81. The molecule has 0 fully saturated rings. The van der Waals surface area contributed by atoms with Gasteiger partial charge in [-0.15, -0.1) is 10.6 Å². The molecule has 0 bridgehead atoms. The standard InChI is InChI=1S/C17H17NO3S/c1-12-4-2-5-13(10-12)11-18-17(19)15-6-3-7-16-14(15)8-9-22(16,20)21/h2-10,20-21H,11H2,1H3,(H,18,19). The fourth-order valence-corrected chi connectivity index (χ4v) is 3.76. The van der Waals surface area contributed by atoms with Gasteiger partial charge < -0.3 is 5.32 Å². The molecule has 0 saturated heterocycles. The minimum atomic E-state index is -2.89. The van der Waals surface area contributed by atoms with E-state index in [0.29, 0.717) is 22.6 Å². The molecule has 1 aliphatic heterocycles. The van der Waals surface area contributed by atoms with Gasteiger partial charge in [-0.05, 0) is 30.7 Å². The molecule has 1 heterocycles. The Labute approximate surface area is 130 Å². The first-order chi connectivity index (χ1) is 10.5. The zero-order valence-electron chi connectivity index (χ0n) is 12.1. The molecule has 4 nitrogen and oxygen atoms in total. The molecule has 0 radical (unpaired) electrons. The van der Waals surface area contributed by atoms with Crippen molar-refractivity contribution in [2.75, 3.05) is 0 Å². The molecular weight excluding hydrogens is 298 g/mol. The predicted molar refractivity (Wildman–Crippen MR) is 88.9 cm³/mol. The van der Waals surface area contributed by atoms with Crippen molar-refractivity contribution in [1.29, 1.82) is 0 Å². The highest BCUT2D eigenvalue weighted by molar-refractivity contribution is 8.27. The first-order valence-electron chi connectivity index (χ1n) is 6.90. The second-order valence-corrected chi connectivity index (χ2v) is 7.18. The van der Waals surface area contributed by atoms with Gasteiger partial charge >= 0.3 is 0 Å². The van der Waals surface area contributed by atoms with Gasteiger partial charge in [-0.3, -0.25) is 13.9 Å². The average molecular weight is 315 g/mol. The molecular formula is C17H17NO3S. The normalized spacial score (nSPS) is 16.1. The van der Waals surface area contributed by atoms with Gasteiger partial charge in [0, 0.05) is 23.1 Å². The van der Waals surface area contributed by atoms with Gasteiger partial charge in [-0.25, -0.2) is 0 Å². The molecule has 1 aliphatic rings. The van der Waals surface area contributed by atoms with E-state index < -0.39 is 10.6 Å². The second kappa shape index (κ2) is 5.61. The van der Waals surface area contributed by atoms with Crippen molar-refractivity contribution in [3.8, 4) is 0 Å². The summed E-state index contributed by atoms with van der Waals surface area (Å²) in [6, 6.07) is 12.9. The van der Waals surface area contributed by atoms with Gasteiger partial charge in [-0.2, -0.15) is 0 Å². The maximum absolute atomic E-state index is 12.4. The van der Waals surface area contributed by atoms with Crippen LogP contribution in [0.2, 0.25) is 0 Å². The third-order valence-corrected chi connectivity index (χ3v) is 5.11. The lowest BCUT2D eigenvalue weighted by Gasteiger charge is -2.25. The summed E-state index contributed by atoms with van der Waals surface area (Å²) in [6.07, 6.45) is 1.60. The minimum absolute atomic E-state index is 0.222. The third kappa shape index (κ3) is 2.78. The van der Waals surface area contributed by atoms with Crippen LogP contribution in [0.15, 0.2) is 52.8 Å². The molecule has 3 rings (SSSR count). The van der Waals surface area contributed by atoms with Gasteiger partial charge in [0.2, 0.25) is 0 Å².